The van der Waals surface area contributed by atoms with Crippen LogP contribution < -0.4 is 0 Å². The molecule has 4 saturated carbocycles. The fourth-order valence-corrected chi connectivity index (χ4v) is 8.14. The number of ketones is 1. The van der Waals surface area contributed by atoms with Crippen LogP contribution in [0.2, 0.25) is 0 Å². The quantitative estimate of drug-likeness (QED) is 0.553. The van der Waals surface area contributed by atoms with Gasteiger partial charge in [-0.3, -0.25) is 9.59 Å². The molecule has 0 aromatic heterocycles. The first-order chi connectivity index (χ1) is 13.1. The van der Waals surface area contributed by atoms with Crippen LogP contribution in [0.3, 0.4) is 0 Å². The Bertz CT molecular complexity index is 605. The van der Waals surface area contributed by atoms with E-state index in [4.69, 9.17) is 16.7 Å². The van der Waals surface area contributed by atoms with Crippen LogP contribution in [-0.2, 0) is 9.59 Å². The van der Waals surface area contributed by atoms with E-state index >= 15 is 0 Å². The average Bonchev–Trinajstić information content (AvgIpc) is 3.00. The molecule has 0 radical (unpaired) electrons. The number of hydrogen-bond acceptors (Lipinski definition) is 2. The third kappa shape index (κ3) is 3.77. The number of aliphatic carboxylic acids is 1. The van der Waals surface area contributed by atoms with E-state index in [1.807, 2.05) is 6.92 Å². The molecule has 4 aliphatic carbocycles. The monoisotopic (exact) mass is 410 g/mol. The van der Waals surface area contributed by atoms with E-state index in [1.165, 1.54) is 57.8 Å². The Balaban J connectivity index is 0.000000403. The standard InChI is InChI=1S/C22H36O.C2H3ClO2/c1-14-9-11-21(3)16(13-14)5-6-17-19-8-7-18(15(2)23)22(19,4)12-10-20(17)21;3-1-2(4)5/h14,16-20H,5-13H2,1-4H3;1H2,(H,4,5). The average molecular weight is 411 g/mol. The zero-order valence-corrected chi connectivity index (χ0v) is 18.9. The normalized spacial score (nSPS) is 47.0. The van der Waals surface area contributed by atoms with E-state index in [-0.39, 0.29) is 5.88 Å². The number of alkyl halides is 1. The fourth-order valence-electron chi connectivity index (χ4n) is 8.14. The van der Waals surface area contributed by atoms with Crippen molar-refractivity contribution in [1.29, 1.82) is 0 Å². The van der Waals surface area contributed by atoms with Crippen LogP contribution in [-0.4, -0.2) is 22.7 Å². The Morgan fingerprint density at radius 2 is 1.57 bits per heavy atom. The molecular weight excluding hydrogens is 372 g/mol. The van der Waals surface area contributed by atoms with Crippen LogP contribution in [0.15, 0.2) is 0 Å². The summed E-state index contributed by atoms with van der Waals surface area (Å²) in [5.41, 5.74) is 0.948. The first-order valence-electron chi connectivity index (χ1n) is 11.4. The van der Waals surface area contributed by atoms with E-state index in [0.29, 0.717) is 22.5 Å². The minimum atomic E-state index is -0.980. The van der Waals surface area contributed by atoms with Crippen molar-refractivity contribution >= 4 is 23.4 Å². The van der Waals surface area contributed by atoms with Crippen molar-refractivity contribution in [2.75, 3.05) is 5.88 Å². The molecule has 0 saturated heterocycles. The summed E-state index contributed by atoms with van der Waals surface area (Å²) in [6.45, 7) is 9.45. The van der Waals surface area contributed by atoms with E-state index in [0.717, 1.165) is 29.6 Å². The summed E-state index contributed by atoms with van der Waals surface area (Å²) in [5.74, 6) is 4.21. The highest BCUT2D eigenvalue weighted by atomic mass is 35.5. The fraction of sp³-hybridized carbons (Fsp3) is 0.917. The zero-order valence-electron chi connectivity index (χ0n) is 18.2. The molecule has 4 aliphatic rings. The molecule has 0 bridgehead atoms. The van der Waals surface area contributed by atoms with E-state index in [1.54, 1.807) is 0 Å². The molecule has 0 spiro atoms. The first-order valence-corrected chi connectivity index (χ1v) is 11.9. The second-order valence-electron chi connectivity index (χ2n) is 10.8. The number of carboxylic acids is 1. The highest BCUT2D eigenvalue weighted by Crippen LogP contribution is 2.67. The van der Waals surface area contributed by atoms with E-state index in [2.05, 4.69) is 20.8 Å². The van der Waals surface area contributed by atoms with Gasteiger partial charge in [-0.05, 0) is 98.7 Å². The number of Topliss-reactive ketones (excluding diaryl/α,β-unsaturated/α-hetero) is 1. The molecule has 0 amide bonds. The number of carbonyl (C=O) groups is 2. The molecule has 0 heterocycles. The van der Waals surface area contributed by atoms with Crippen molar-refractivity contribution in [2.45, 2.75) is 85.5 Å². The predicted octanol–water partition coefficient (Wildman–Crippen LogP) is 6.18. The van der Waals surface area contributed by atoms with Gasteiger partial charge in [-0.1, -0.05) is 27.2 Å². The van der Waals surface area contributed by atoms with Gasteiger partial charge in [-0.15, -0.1) is 11.6 Å². The SMILES string of the molecule is CC(=O)C1CCC2C3CCC4CC(C)CCC4(C)C3CCC12C.O=C(O)CCl. The second kappa shape index (κ2) is 8.28. The molecule has 0 aliphatic heterocycles. The Hall–Kier alpha value is -0.570. The zero-order chi connectivity index (χ0) is 20.7. The molecule has 160 valence electrons. The maximum Gasteiger partial charge on any atom is 0.318 e. The van der Waals surface area contributed by atoms with Crippen molar-refractivity contribution in [3.8, 4) is 0 Å². The summed E-state index contributed by atoms with van der Waals surface area (Å²) < 4.78 is 0. The van der Waals surface area contributed by atoms with Gasteiger partial charge in [0.05, 0.1) is 0 Å². The van der Waals surface area contributed by atoms with Crippen molar-refractivity contribution in [1.82, 2.24) is 0 Å². The predicted molar refractivity (Wildman–Crippen MR) is 113 cm³/mol. The lowest BCUT2D eigenvalue weighted by Crippen LogP contribution is -2.53. The van der Waals surface area contributed by atoms with Crippen LogP contribution in [0.25, 0.3) is 0 Å². The minimum absolute atomic E-state index is 0.306. The third-order valence-electron chi connectivity index (χ3n) is 9.53. The Labute approximate surface area is 176 Å². The molecule has 4 heteroatoms. The number of rotatable bonds is 2. The molecule has 3 nitrogen and oxygen atoms in total. The maximum absolute atomic E-state index is 12.2. The van der Waals surface area contributed by atoms with Gasteiger partial charge >= 0.3 is 5.97 Å². The molecule has 28 heavy (non-hydrogen) atoms. The highest BCUT2D eigenvalue weighted by Gasteiger charge is 2.60. The molecule has 4 rings (SSSR count). The highest BCUT2D eigenvalue weighted by molar-refractivity contribution is 6.26. The smallest absolute Gasteiger partial charge is 0.318 e. The first kappa shape index (κ1) is 22.1. The molecule has 1 N–H and O–H groups in total. The number of halogens is 1. The molecule has 8 unspecified atom stereocenters. The van der Waals surface area contributed by atoms with Crippen molar-refractivity contribution in [3.05, 3.63) is 0 Å². The number of hydrogen-bond donors (Lipinski definition) is 1. The lowest BCUT2D eigenvalue weighted by atomic mass is 9.44. The Morgan fingerprint density at radius 3 is 2.18 bits per heavy atom. The summed E-state index contributed by atoms with van der Waals surface area (Å²) in [7, 11) is 0. The second-order valence-corrected chi connectivity index (χ2v) is 11.1. The number of carboxylic acid groups (broad SMARTS) is 1. The van der Waals surface area contributed by atoms with Crippen molar-refractivity contribution < 1.29 is 14.7 Å². The van der Waals surface area contributed by atoms with Gasteiger partial charge in [0.25, 0.3) is 0 Å². The Morgan fingerprint density at radius 1 is 0.964 bits per heavy atom. The van der Waals surface area contributed by atoms with Gasteiger partial charge in [0.15, 0.2) is 0 Å². The molecule has 0 aromatic carbocycles. The van der Waals surface area contributed by atoms with Crippen molar-refractivity contribution in [2.24, 2.45) is 46.3 Å². The number of carbonyl (C=O) groups excluding carboxylic acids is 1. The molecule has 4 fully saturated rings. The summed E-state index contributed by atoms with van der Waals surface area (Å²) in [6.07, 6.45) is 12.6. The third-order valence-corrected chi connectivity index (χ3v) is 9.76. The van der Waals surface area contributed by atoms with Crippen LogP contribution >= 0.6 is 11.6 Å². The van der Waals surface area contributed by atoms with Crippen LogP contribution in [0, 0.1) is 46.3 Å². The lowest BCUT2D eigenvalue weighted by molar-refractivity contribution is -0.135. The van der Waals surface area contributed by atoms with Crippen LogP contribution in [0.1, 0.15) is 85.5 Å². The van der Waals surface area contributed by atoms with Crippen LogP contribution in [0.5, 0.6) is 0 Å². The van der Waals surface area contributed by atoms with Gasteiger partial charge in [0, 0.05) is 5.92 Å². The van der Waals surface area contributed by atoms with Gasteiger partial charge in [-0.2, -0.15) is 0 Å². The summed E-state index contributed by atoms with van der Waals surface area (Å²) in [5, 5.41) is 7.59. The minimum Gasteiger partial charge on any atom is -0.480 e. The van der Waals surface area contributed by atoms with Crippen molar-refractivity contribution in [3.63, 3.8) is 0 Å². The number of fused-ring (bicyclic) bond motifs is 5. The van der Waals surface area contributed by atoms with Gasteiger partial charge in [0.1, 0.15) is 11.7 Å². The summed E-state index contributed by atoms with van der Waals surface area (Å²) in [6, 6.07) is 0. The molecule has 0 aromatic rings. The van der Waals surface area contributed by atoms with Gasteiger partial charge in [-0.25, -0.2) is 0 Å². The summed E-state index contributed by atoms with van der Waals surface area (Å²) >= 11 is 4.74. The Kier molecular flexibility index (Phi) is 6.54. The topological polar surface area (TPSA) is 54.4 Å². The van der Waals surface area contributed by atoms with Crippen LogP contribution in [0.4, 0.5) is 0 Å². The summed E-state index contributed by atoms with van der Waals surface area (Å²) in [4.78, 5) is 21.4. The van der Waals surface area contributed by atoms with E-state index in [9.17, 15) is 9.59 Å². The maximum atomic E-state index is 12.2. The largest absolute Gasteiger partial charge is 0.480 e. The van der Waals surface area contributed by atoms with Gasteiger partial charge < -0.3 is 5.11 Å². The molecule has 8 atom stereocenters. The molecular formula is C24H39ClO3. The van der Waals surface area contributed by atoms with E-state index < -0.39 is 5.97 Å². The lowest BCUT2D eigenvalue weighted by Gasteiger charge is -2.61. The van der Waals surface area contributed by atoms with Gasteiger partial charge in [0.2, 0.25) is 0 Å².